The van der Waals surface area contributed by atoms with Crippen molar-refractivity contribution in [1.29, 1.82) is 0 Å². The Morgan fingerprint density at radius 1 is 1.32 bits per heavy atom. The van der Waals surface area contributed by atoms with Crippen LogP contribution in [-0.4, -0.2) is 38.2 Å². The van der Waals surface area contributed by atoms with Crippen molar-refractivity contribution in [2.75, 3.05) is 24.4 Å². The molecule has 0 saturated carbocycles. The maximum absolute atomic E-state index is 12.5. The van der Waals surface area contributed by atoms with Gasteiger partial charge in [0.05, 0.1) is 17.2 Å². The number of nitrogens with zero attached hydrogens (tertiary/aromatic N) is 1. The molecular weight excluding hydrogens is 405 g/mol. The zero-order valence-electron chi connectivity index (χ0n) is 13.7. The van der Waals surface area contributed by atoms with Crippen LogP contribution in [0, 0.1) is 6.92 Å². The molecule has 0 radical (unpaired) electrons. The highest BCUT2D eigenvalue weighted by Crippen LogP contribution is 2.26. The second-order valence-corrected chi connectivity index (χ2v) is 8.11. The molecule has 0 amide bonds. The molecule has 1 aromatic heterocycles. The van der Waals surface area contributed by atoms with Crippen molar-refractivity contribution in [1.82, 2.24) is 10.3 Å². The van der Waals surface area contributed by atoms with Crippen LogP contribution in [-0.2, 0) is 16.4 Å². The molecule has 0 saturated heterocycles. The first-order valence-electron chi connectivity index (χ1n) is 7.48. The van der Waals surface area contributed by atoms with Crippen LogP contribution in [0.5, 0.6) is 0 Å². The van der Waals surface area contributed by atoms with Gasteiger partial charge in [-0.1, -0.05) is 17.7 Å². The van der Waals surface area contributed by atoms with Gasteiger partial charge < -0.3 is 10.4 Å². The second kappa shape index (κ2) is 10.3. The van der Waals surface area contributed by atoms with E-state index in [2.05, 4.69) is 15.0 Å². The third-order valence-corrected chi connectivity index (χ3v) is 6.18. The smallest absolute Gasteiger partial charge is 0.263 e. The number of aliphatic hydroxyl groups excluding tert-OH is 1. The molecule has 2 rings (SSSR count). The molecule has 25 heavy (non-hydrogen) atoms. The molecule has 0 unspecified atom stereocenters. The Morgan fingerprint density at radius 3 is 2.80 bits per heavy atom. The summed E-state index contributed by atoms with van der Waals surface area (Å²) in [4.78, 5) is 4.46. The van der Waals surface area contributed by atoms with Crippen LogP contribution in [0.25, 0.3) is 0 Å². The van der Waals surface area contributed by atoms with Crippen LogP contribution in [0.1, 0.15) is 17.7 Å². The Morgan fingerprint density at radius 2 is 2.08 bits per heavy atom. The number of hydrogen-bond acceptors (Lipinski definition) is 6. The summed E-state index contributed by atoms with van der Waals surface area (Å²) >= 11 is 7.25. The largest absolute Gasteiger partial charge is 0.395 e. The lowest BCUT2D eigenvalue weighted by molar-refractivity contribution is 0.292. The molecule has 0 atom stereocenters. The first-order chi connectivity index (χ1) is 11.4. The molecule has 10 heteroatoms. The summed E-state index contributed by atoms with van der Waals surface area (Å²) in [7, 11) is -3.71. The molecule has 140 valence electrons. The molecule has 0 bridgehead atoms. The van der Waals surface area contributed by atoms with Crippen LogP contribution in [0.4, 0.5) is 5.13 Å². The van der Waals surface area contributed by atoms with E-state index in [4.69, 9.17) is 16.7 Å². The number of anilines is 1. The Bertz CT molecular complexity index is 782. The summed E-state index contributed by atoms with van der Waals surface area (Å²) < 4.78 is 27.5. The summed E-state index contributed by atoms with van der Waals surface area (Å²) in [6, 6.07) is 4.78. The fourth-order valence-electron chi connectivity index (χ4n) is 2.12. The lowest BCUT2D eigenvalue weighted by atomic mass is 10.2. The number of aryl methyl sites for hydroxylation is 1. The van der Waals surface area contributed by atoms with Crippen molar-refractivity contribution in [2.45, 2.75) is 24.7 Å². The highest BCUT2D eigenvalue weighted by atomic mass is 35.5. The van der Waals surface area contributed by atoms with Crippen molar-refractivity contribution in [3.63, 3.8) is 0 Å². The minimum Gasteiger partial charge on any atom is -0.395 e. The molecule has 0 aliphatic rings. The SMILES string of the molecule is Cc1c(Cl)cccc1S(=O)(=O)Nc1nc(CCCNCCO)cs1.Cl. The zero-order valence-corrected chi connectivity index (χ0v) is 16.9. The molecule has 1 heterocycles. The van der Waals surface area contributed by atoms with E-state index in [1.807, 2.05) is 5.38 Å². The number of rotatable bonds is 9. The van der Waals surface area contributed by atoms with E-state index in [0.29, 0.717) is 22.3 Å². The van der Waals surface area contributed by atoms with E-state index < -0.39 is 10.0 Å². The van der Waals surface area contributed by atoms with Gasteiger partial charge in [0.2, 0.25) is 0 Å². The van der Waals surface area contributed by atoms with Gasteiger partial charge in [-0.25, -0.2) is 13.4 Å². The predicted octanol–water partition coefficient (Wildman–Crippen LogP) is 2.84. The van der Waals surface area contributed by atoms with Crippen LogP contribution in [0.15, 0.2) is 28.5 Å². The van der Waals surface area contributed by atoms with E-state index in [1.54, 1.807) is 19.1 Å². The molecule has 3 N–H and O–H groups in total. The number of sulfonamides is 1. The monoisotopic (exact) mass is 425 g/mol. The van der Waals surface area contributed by atoms with Gasteiger partial charge in [-0.05, 0) is 44.0 Å². The highest BCUT2D eigenvalue weighted by molar-refractivity contribution is 7.93. The van der Waals surface area contributed by atoms with E-state index in [9.17, 15) is 8.42 Å². The minimum atomic E-state index is -3.71. The van der Waals surface area contributed by atoms with Gasteiger partial charge in [0, 0.05) is 16.9 Å². The maximum Gasteiger partial charge on any atom is 0.263 e. The summed E-state index contributed by atoms with van der Waals surface area (Å²) in [5.41, 5.74) is 1.35. The van der Waals surface area contributed by atoms with Crippen molar-refractivity contribution in [3.8, 4) is 0 Å². The van der Waals surface area contributed by atoms with E-state index >= 15 is 0 Å². The minimum absolute atomic E-state index is 0. The topological polar surface area (TPSA) is 91.3 Å². The molecular formula is C15H21Cl2N3O3S2. The number of nitrogens with one attached hydrogen (secondary N) is 2. The number of thiazole rings is 1. The van der Waals surface area contributed by atoms with Crippen LogP contribution in [0.3, 0.4) is 0 Å². The predicted molar refractivity (Wildman–Crippen MR) is 105 cm³/mol. The van der Waals surface area contributed by atoms with E-state index in [-0.39, 0.29) is 23.9 Å². The zero-order chi connectivity index (χ0) is 17.6. The molecule has 2 aromatic rings. The van der Waals surface area contributed by atoms with Gasteiger partial charge >= 0.3 is 0 Å². The molecule has 0 aliphatic carbocycles. The Labute approximate surface area is 163 Å². The average Bonchev–Trinajstić information content (AvgIpc) is 2.96. The van der Waals surface area contributed by atoms with Gasteiger partial charge in [-0.2, -0.15) is 0 Å². The van der Waals surface area contributed by atoms with Gasteiger partial charge in [-0.15, -0.1) is 23.7 Å². The molecule has 0 spiro atoms. The lowest BCUT2D eigenvalue weighted by Crippen LogP contribution is -2.19. The summed E-state index contributed by atoms with van der Waals surface area (Å²) in [5, 5.41) is 14.4. The number of halogens is 2. The Balaban J connectivity index is 0.00000312. The Kier molecular flexibility index (Phi) is 9.12. The van der Waals surface area contributed by atoms with Gasteiger partial charge in [0.15, 0.2) is 5.13 Å². The molecule has 0 fully saturated rings. The summed E-state index contributed by atoms with van der Waals surface area (Å²) in [6.07, 6.45) is 1.61. The summed E-state index contributed by atoms with van der Waals surface area (Å²) in [5.74, 6) is 0. The fraction of sp³-hybridized carbons (Fsp3) is 0.400. The first kappa shape index (κ1) is 22.1. The maximum atomic E-state index is 12.5. The molecule has 1 aromatic carbocycles. The quantitative estimate of drug-likeness (QED) is 0.537. The van der Waals surface area contributed by atoms with Crippen molar-refractivity contribution in [3.05, 3.63) is 39.9 Å². The number of hydrogen-bond donors (Lipinski definition) is 3. The number of aliphatic hydroxyl groups is 1. The normalized spacial score (nSPS) is 11.2. The highest BCUT2D eigenvalue weighted by Gasteiger charge is 2.19. The van der Waals surface area contributed by atoms with Crippen LogP contribution >= 0.6 is 35.3 Å². The third kappa shape index (κ3) is 6.40. The summed E-state index contributed by atoms with van der Waals surface area (Å²) in [6.45, 7) is 3.14. The first-order valence-corrected chi connectivity index (χ1v) is 10.2. The lowest BCUT2D eigenvalue weighted by Gasteiger charge is -2.09. The molecule has 0 aliphatic heterocycles. The number of benzene rings is 1. The molecule has 6 nitrogen and oxygen atoms in total. The van der Waals surface area contributed by atoms with Crippen LogP contribution < -0.4 is 10.0 Å². The van der Waals surface area contributed by atoms with Gasteiger partial charge in [0.1, 0.15) is 0 Å². The van der Waals surface area contributed by atoms with Gasteiger partial charge in [-0.3, -0.25) is 4.72 Å². The number of aromatic nitrogens is 1. The van der Waals surface area contributed by atoms with E-state index in [0.717, 1.165) is 25.1 Å². The Hall–Kier alpha value is -0.900. The standard InChI is InChI=1S/C15H20ClN3O3S2.ClH/c1-11-13(16)5-2-6-14(11)24(21,22)19-15-18-12(10-23-15)4-3-7-17-8-9-20;/h2,5-6,10,17,20H,3-4,7-9H2,1H3,(H,18,19);1H. The van der Waals surface area contributed by atoms with Gasteiger partial charge in [0.25, 0.3) is 10.0 Å². The van der Waals surface area contributed by atoms with Crippen molar-refractivity contribution in [2.24, 2.45) is 0 Å². The average molecular weight is 426 g/mol. The van der Waals surface area contributed by atoms with Crippen LogP contribution in [0.2, 0.25) is 5.02 Å². The van der Waals surface area contributed by atoms with Crippen molar-refractivity contribution >= 4 is 50.5 Å². The fourth-order valence-corrected chi connectivity index (χ4v) is 4.61. The van der Waals surface area contributed by atoms with E-state index in [1.165, 1.54) is 17.4 Å². The van der Waals surface area contributed by atoms with Crippen molar-refractivity contribution < 1.29 is 13.5 Å². The second-order valence-electron chi connectivity index (χ2n) is 5.19. The third-order valence-electron chi connectivity index (χ3n) is 3.36.